The molecule has 1 aromatic heterocycles. The number of nitrogen functional groups attached to an aromatic ring is 1. The van der Waals surface area contributed by atoms with E-state index in [0.29, 0.717) is 11.9 Å². The van der Waals surface area contributed by atoms with E-state index in [1.54, 1.807) is 0 Å². The topological polar surface area (TPSA) is 51.8 Å². The second-order valence-corrected chi connectivity index (χ2v) is 3.50. The largest absolute Gasteiger partial charge is 0.368 e. The molecule has 3 nitrogen and oxygen atoms in total. The summed E-state index contributed by atoms with van der Waals surface area (Å²) in [5.41, 5.74) is 6.59. The average molecular weight is 214 g/mol. The molecule has 0 spiro atoms. The van der Waals surface area contributed by atoms with Crippen molar-refractivity contribution in [3.8, 4) is 0 Å². The first kappa shape index (κ1) is 7.03. The van der Waals surface area contributed by atoms with Crippen LogP contribution in [0.4, 0.5) is 5.95 Å². The molecule has 4 heteroatoms. The number of halogens is 1. The fourth-order valence-electron chi connectivity index (χ4n) is 1.05. The fourth-order valence-corrected chi connectivity index (χ4v) is 1.66. The summed E-state index contributed by atoms with van der Waals surface area (Å²) in [7, 11) is 0. The summed E-state index contributed by atoms with van der Waals surface area (Å²) in [5, 5.41) is 0. The van der Waals surface area contributed by atoms with E-state index in [9.17, 15) is 0 Å². The van der Waals surface area contributed by atoms with E-state index in [4.69, 9.17) is 5.73 Å². The maximum absolute atomic E-state index is 5.40. The summed E-state index contributed by atoms with van der Waals surface area (Å²) in [6.45, 7) is 0. The third-order valence-corrected chi connectivity index (χ3v) is 2.44. The zero-order valence-electron chi connectivity index (χ0n) is 5.92. The number of hydrogen-bond donors (Lipinski definition) is 1. The van der Waals surface area contributed by atoms with Crippen LogP contribution in [0, 0.1) is 0 Å². The van der Waals surface area contributed by atoms with Crippen molar-refractivity contribution in [3.05, 3.63) is 16.4 Å². The number of aromatic nitrogens is 2. The summed E-state index contributed by atoms with van der Waals surface area (Å²) in [5.74, 6) is 1.01. The van der Waals surface area contributed by atoms with Crippen molar-refractivity contribution in [2.45, 2.75) is 18.8 Å². The quantitative estimate of drug-likeness (QED) is 0.723. The third kappa shape index (κ3) is 1.35. The lowest BCUT2D eigenvalue weighted by Gasteiger charge is -1.99. The van der Waals surface area contributed by atoms with Gasteiger partial charge in [0.1, 0.15) is 4.60 Å². The molecule has 1 fully saturated rings. The van der Waals surface area contributed by atoms with Crippen LogP contribution >= 0.6 is 15.9 Å². The Balaban J connectivity index is 2.39. The van der Waals surface area contributed by atoms with Gasteiger partial charge in [0, 0.05) is 11.8 Å². The Labute approximate surface area is 73.2 Å². The molecular formula is C7H8BrN3. The van der Waals surface area contributed by atoms with Crippen molar-refractivity contribution in [2.24, 2.45) is 0 Å². The molecule has 11 heavy (non-hydrogen) atoms. The highest BCUT2D eigenvalue weighted by Gasteiger charge is 2.26. The molecule has 0 atom stereocenters. The summed E-state index contributed by atoms with van der Waals surface area (Å²) >= 11 is 3.36. The minimum atomic E-state index is 0.335. The Morgan fingerprint density at radius 1 is 1.55 bits per heavy atom. The maximum Gasteiger partial charge on any atom is 0.221 e. The van der Waals surface area contributed by atoms with Gasteiger partial charge in [0.25, 0.3) is 0 Å². The SMILES string of the molecule is Nc1ncc(C2CC2)c(Br)n1. The Kier molecular flexibility index (Phi) is 1.56. The lowest BCUT2D eigenvalue weighted by Crippen LogP contribution is -1.96. The van der Waals surface area contributed by atoms with Gasteiger partial charge in [0.05, 0.1) is 0 Å². The number of hydrogen-bond acceptors (Lipinski definition) is 3. The molecule has 0 saturated heterocycles. The minimum absolute atomic E-state index is 0.335. The molecule has 2 rings (SSSR count). The highest BCUT2D eigenvalue weighted by atomic mass is 79.9. The van der Waals surface area contributed by atoms with Crippen molar-refractivity contribution in [3.63, 3.8) is 0 Å². The van der Waals surface area contributed by atoms with Crippen LogP contribution in [-0.4, -0.2) is 9.97 Å². The summed E-state index contributed by atoms with van der Waals surface area (Å²) in [6.07, 6.45) is 4.32. The maximum atomic E-state index is 5.40. The molecule has 0 bridgehead atoms. The van der Waals surface area contributed by atoms with Gasteiger partial charge in [-0.3, -0.25) is 0 Å². The van der Waals surface area contributed by atoms with E-state index in [1.165, 1.54) is 18.4 Å². The molecular weight excluding hydrogens is 206 g/mol. The van der Waals surface area contributed by atoms with E-state index >= 15 is 0 Å². The van der Waals surface area contributed by atoms with Crippen LogP contribution in [0.15, 0.2) is 10.8 Å². The minimum Gasteiger partial charge on any atom is -0.368 e. The van der Waals surface area contributed by atoms with Crippen molar-refractivity contribution < 1.29 is 0 Å². The van der Waals surface area contributed by atoms with Crippen LogP contribution in [0.2, 0.25) is 0 Å². The predicted octanol–water partition coefficient (Wildman–Crippen LogP) is 1.70. The van der Waals surface area contributed by atoms with Gasteiger partial charge in [0.15, 0.2) is 0 Å². The summed E-state index contributed by atoms with van der Waals surface area (Å²) in [6, 6.07) is 0. The molecule has 1 aromatic rings. The van der Waals surface area contributed by atoms with E-state index < -0.39 is 0 Å². The van der Waals surface area contributed by atoms with E-state index in [2.05, 4.69) is 25.9 Å². The molecule has 0 aromatic carbocycles. The molecule has 0 radical (unpaired) electrons. The molecule has 58 valence electrons. The Morgan fingerprint density at radius 2 is 2.27 bits per heavy atom. The first-order valence-corrected chi connectivity index (χ1v) is 4.34. The van der Waals surface area contributed by atoms with Crippen LogP contribution in [0.1, 0.15) is 24.3 Å². The fraction of sp³-hybridized carbons (Fsp3) is 0.429. The van der Waals surface area contributed by atoms with Gasteiger partial charge in [-0.2, -0.15) is 0 Å². The van der Waals surface area contributed by atoms with Gasteiger partial charge in [-0.05, 0) is 34.7 Å². The Bertz CT molecular complexity index is 283. The highest BCUT2D eigenvalue weighted by Crippen LogP contribution is 2.42. The van der Waals surface area contributed by atoms with Gasteiger partial charge in [-0.15, -0.1) is 0 Å². The molecule has 0 aliphatic heterocycles. The predicted molar refractivity (Wildman–Crippen MR) is 46.1 cm³/mol. The smallest absolute Gasteiger partial charge is 0.221 e. The lowest BCUT2D eigenvalue weighted by atomic mass is 10.2. The molecule has 2 N–H and O–H groups in total. The Hall–Kier alpha value is -0.640. The normalized spacial score (nSPS) is 16.8. The van der Waals surface area contributed by atoms with Gasteiger partial charge in [-0.25, -0.2) is 9.97 Å². The standard InChI is InChI=1S/C7H8BrN3/c8-6-5(4-1-2-4)3-10-7(9)11-6/h3-4H,1-2H2,(H2,9,10,11). The van der Waals surface area contributed by atoms with Gasteiger partial charge in [0.2, 0.25) is 5.95 Å². The monoisotopic (exact) mass is 213 g/mol. The number of nitrogens with two attached hydrogens (primary N) is 1. The molecule has 1 saturated carbocycles. The van der Waals surface area contributed by atoms with E-state index in [0.717, 1.165) is 4.60 Å². The number of nitrogens with zero attached hydrogens (tertiary/aromatic N) is 2. The van der Waals surface area contributed by atoms with Crippen molar-refractivity contribution in [1.29, 1.82) is 0 Å². The first-order valence-electron chi connectivity index (χ1n) is 3.55. The van der Waals surface area contributed by atoms with Gasteiger partial charge < -0.3 is 5.73 Å². The molecule has 0 amide bonds. The molecule has 1 aliphatic carbocycles. The van der Waals surface area contributed by atoms with E-state index in [1.807, 2.05) is 6.20 Å². The van der Waals surface area contributed by atoms with Crippen LogP contribution in [0.5, 0.6) is 0 Å². The lowest BCUT2D eigenvalue weighted by molar-refractivity contribution is 1.02. The number of rotatable bonds is 1. The van der Waals surface area contributed by atoms with Crippen molar-refractivity contribution >= 4 is 21.9 Å². The third-order valence-electron chi connectivity index (χ3n) is 1.80. The second-order valence-electron chi connectivity index (χ2n) is 2.75. The zero-order valence-corrected chi connectivity index (χ0v) is 7.50. The molecule has 0 unspecified atom stereocenters. The van der Waals surface area contributed by atoms with Gasteiger partial charge in [-0.1, -0.05) is 0 Å². The second kappa shape index (κ2) is 2.44. The summed E-state index contributed by atoms with van der Waals surface area (Å²) in [4.78, 5) is 7.96. The van der Waals surface area contributed by atoms with Crippen LogP contribution in [0.25, 0.3) is 0 Å². The highest BCUT2D eigenvalue weighted by molar-refractivity contribution is 9.10. The Morgan fingerprint density at radius 3 is 2.82 bits per heavy atom. The average Bonchev–Trinajstić information content (AvgIpc) is 2.70. The van der Waals surface area contributed by atoms with E-state index in [-0.39, 0.29) is 0 Å². The zero-order chi connectivity index (χ0) is 7.84. The first-order chi connectivity index (χ1) is 5.27. The number of anilines is 1. The van der Waals surface area contributed by atoms with Crippen molar-refractivity contribution in [2.75, 3.05) is 5.73 Å². The van der Waals surface area contributed by atoms with Crippen LogP contribution < -0.4 is 5.73 Å². The van der Waals surface area contributed by atoms with Crippen molar-refractivity contribution in [1.82, 2.24) is 9.97 Å². The van der Waals surface area contributed by atoms with Gasteiger partial charge >= 0.3 is 0 Å². The van der Waals surface area contributed by atoms with Crippen LogP contribution in [-0.2, 0) is 0 Å². The van der Waals surface area contributed by atoms with Crippen LogP contribution in [0.3, 0.4) is 0 Å². The molecule has 1 heterocycles. The molecule has 1 aliphatic rings. The summed E-state index contributed by atoms with van der Waals surface area (Å²) < 4.78 is 0.854.